The summed E-state index contributed by atoms with van der Waals surface area (Å²) in [7, 11) is 3.34. The Kier molecular flexibility index (Phi) is 5.95. The number of anilines is 1. The molecule has 0 radical (unpaired) electrons. The van der Waals surface area contributed by atoms with Gasteiger partial charge in [-0.25, -0.2) is 0 Å². The second-order valence-corrected chi connectivity index (χ2v) is 5.04. The van der Waals surface area contributed by atoms with Crippen molar-refractivity contribution in [1.29, 1.82) is 0 Å². The van der Waals surface area contributed by atoms with Crippen molar-refractivity contribution in [3.05, 3.63) is 28.3 Å². The first-order chi connectivity index (χ1) is 9.82. The van der Waals surface area contributed by atoms with E-state index in [0.717, 1.165) is 0 Å². The van der Waals surface area contributed by atoms with Crippen molar-refractivity contribution < 1.29 is 14.5 Å². The van der Waals surface area contributed by atoms with Crippen LogP contribution in [0.4, 0.5) is 11.4 Å². The zero-order valence-corrected chi connectivity index (χ0v) is 12.8. The largest absolute Gasteiger partial charge is 0.484 e. The van der Waals surface area contributed by atoms with Gasteiger partial charge in [0, 0.05) is 27.1 Å². The summed E-state index contributed by atoms with van der Waals surface area (Å²) in [5.41, 5.74) is 0.244. The molecule has 21 heavy (non-hydrogen) atoms. The molecule has 0 aliphatic rings. The Hall–Kier alpha value is -2.31. The Labute approximate surface area is 124 Å². The van der Waals surface area contributed by atoms with Gasteiger partial charge in [-0.15, -0.1) is 0 Å². The van der Waals surface area contributed by atoms with Gasteiger partial charge in [0.15, 0.2) is 5.75 Å². The van der Waals surface area contributed by atoms with Gasteiger partial charge >= 0.3 is 5.69 Å². The summed E-state index contributed by atoms with van der Waals surface area (Å²) >= 11 is 0. The Morgan fingerprint density at radius 1 is 1.43 bits per heavy atom. The summed E-state index contributed by atoms with van der Waals surface area (Å²) in [4.78, 5) is 23.7. The molecule has 1 rings (SSSR count). The molecule has 0 bridgehead atoms. The van der Waals surface area contributed by atoms with Gasteiger partial charge in [0.05, 0.1) is 11.0 Å². The molecular weight excluding hydrogens is 274 g/mol. The lowest BCUT2D eigenvalue weighted by molar-refractivity contribution is -0.385. The molecule has 0 aliphatic carbocycles. The molecule has 1 N–H and O–H groups in total. The van der Waals surface area contributed by atoms with Gasteiger partial charge in [0.25, 0.3) is 0 Å². The Balaban J connectivity index is 2.86. The lowest BCUT2D eigenvalue weighted by atomic mass is 10.2. The van der Waals surface area contributed by atoms with Gasteiger partial charge in [-0.2, -0.15) is 0 Å². The van der Waals surface area contributed by atoms with Gasteiger partial charge in [-0.3, -0.25) is 14.9 Å². The van der Waals surface area contributed by atoms with Crippen LogP contribution < -0.4 is 10.1 Å². The molecule has 7 nitrogen and oxygen atoms in total. The van der Waals surface area contributed by atoms with E-state index in [2.05, 4.69) is 5.32 Å². The maximum Gasteiger partial charge on any atom is 0.333 e. The van der Waals surface area contributed by atoms with E-state index in [0.29, 0.717) is 12.2 Å². The quantitative estimate of drug-likeness (QED) is 0.616. The van der Waals surface area contributed by atoms with Crippen LogP contribution in [0.5, 0.6) is 5.75 Å². The number of hydrogen-bond acceptors (Lipinski definition) is 5. The maximum absolute atomic E-state index is 11.5. The smallest absolute Gasteiger partial charge is 0.333 e. The maximum atomic E-state index is 11.5. The molecule has 7 heteroatoms. The number of nitrogens with zero attached hydrogens (tertiary/aromatic N) is 2. The van der Waals surface area contributed by atoms with Crippen LogP contribution in [-0.4, -0.2) is 42.5 Å². The minimum absolute atomic E-state index is 0.0419. The van der Waals surface area contributed by atoms with Crippen LogP contribution in [0.25, 0.3) is 0 Å². The van der Waals surface area contributed by atoms with E-state index in [1.54, 1.807) is 46.1 Å². The second kappa shape index (κ2) is 7.47. The van der Waals surface area contributed by atoms with Crippen LogP contribution >= 0.6 is 0 Å². The summed E-state index contributed by atoms with van der Waals surface area (Å²) < 4.78 is 5.46. The topological polar surface area (TPSA) is 84.7 Å². The van der Waals surface area contributed by atoms with Gasteiger partial charge in [-0.1, -0.05) is 6.07 Å². The fourth-order valence-electron chi connectivity index (χ4n) is 1.73. The minimum atomic E-state index is -0.478. The molecular formula is C14H21N3O4. The van der Waals surface area contributed by atoms with Gasteiger partial charge < -0.3 is 15.0 Å². The first kappa shape index (κ1) is 16.7. The monoisotopic (exact) mass is 295 g/mol. The molecule has 1 aromatic rings. The first-order valence-corrected chi connectivity index (χ1v) is 6.71. The van der Waals surface area contributed by atoms with E-state index in [-0.39, 0.29) is 29.9 Å². The summed E-state index contributed by atoms with van der Waals surface area (Å²) in [6.07, 6.45) is 0.105. The summed E-state index contributed by atoms with van der Waals surface area (Å²) in [6.45, 7) is 3.93. The number of benzene rings is 1. The summed E-state index contributed by atoms with van der Waals surface area (Å²) in [5, 5.41) is 14.2. The number of nitrogens with one attached hydrogen (secondary N) is 1. The average Bonchev–Trinajstić information content (AvgIpc) is 2.37. The van der Waals surface area contributed by atoms with Crippen molar-refractivity contribution in [3.8, 4) is 5.75 Å². The third-order valence-corrected chi connectivity index (χ3v) is 2.70. The molecule has 0 fully saturated rings. The van der Waals surface area contributed by atoms with Gasteiger partial charge in [0.1, 0.15) is 5.69 Å². The predicted octanol–water partition coefficient (Wildman–Crippen LogP) is 2.27. The number of carbonyl (C=O) groups excluding carboxylic acids is 1. The van der Waals surface area contributed by atoms with Crippen LogP contribution in [-0.2, 0) is 4.79 Å². The molecule has 0 aliphatic heterocycles. The standard InChI is InChI=1S/C14H21N3O4/c1-10(2)21-12-7-5-6-11(14(12)17(19)20)15-9-8-13(18)16(3)4/h5-7,10,15H,8-9H2,1-4H3. The number of carbonyl (C=O) groups is 1. The van der Waals surface area contributed by atoms with Crippen molar-refractivity contribution in [2.45, 2.75) is 26.4 Å². The zero-order chi connectivity index (χ0) is 16.0. The van der Waals surface area contributed by atoms with Gasteiger partial charge in [-0.05, 0) is 26.0 Å². The normalized spacial score (nSPS) is 10.3. The number of ether oxygens (including phenoxy) is 1. The fraction of sp³-hybridized carbons (Fsp3) is 0.500. The lowest BCUT2D eigenvalue weighted by Gasteiger charge is -2.14. The van der Waals surface area contributed by atoms with Crippen LogP contribution in [0.3, 0.4) is 0 Å². The third-order valence-electron chi connectivity index (χ3n) is 2.70. The van der Waals surface area contributed by atoms with Crippen LogP contribution in [0.15, 0.2) is 18.2 Å². The first-order valence-electron chi connectivity index (χ1n) is 6.71. The Morgan fingerprint density at radius 3 is 2.62 bits per heavy atom. The Bertz CT molecular complexity index is 515. The molecule has 0 saturated carbocycles. The predicted molar refractivity (Wildman–Crippen MR) is 80.7 cm³/mol. The second-order valence-electron chi connectivity index (χ2n) is 5.04. The Morgan fingerprint density at radius 2 is 2.10 bits per heavy atom. The number of nitro benzene ring substituents is 1. The highest BCUT2D eigenvalue weighted by atomic mass is 16.6. The van der Waals surface area contributed by atoms with E-state index in [9.17, 15) is 14.9 Å². The molecule has 0 heterocycles. The van der Waals surface area contributed by atoms with E-state index in [1.807, 2.05) is 0 Å². The van der Waals surface area contributed by atoms with Crippen molar-refractivity contribution in [3.63, 3.8) is 0 Å². The van der Waals surface area contributed by atoms with E-state index < -0.39 is 4.92 Å². The molecule has 1 aromatic carbocycles. The summed E-state index contributed by atoms with van der Waals surface area (Å²) in [5.74, 6) is 0.179. The SMILES string of the molecule is CC(C)Oc1cccc(NCCC(=O)N(C)C)c1[N+](=O)[O-]. The van der Waals surface area contributed by atoms with E-state index >= 15 is 0 Å². The highest BCUT2D eigenvalue weighted by Gasteiger charge is 2.21. The number of hydrogen-bond donors (Lipinski definition) is 1. The molecule has 0 saturated heterocycles. The molecule has 0 aromatic heterocycles. The fourth-order valence-corrected chi connectivity index (χ4v) is 1.73. The number of amides is 1. The highest BCUT2D eigenvalue weighted by molar-refractivity contribution is 5.76. The van der Waals surface area contributed by atoms with Crippen molar-refractivity contribution in [1.82, 2.24) is 4.90 Å². The number of nitro groups is 1. The molecule has 0 unspecified atom stereocenters. The lowest BCUT2D eigenvalue weighted by Crippen LogP contribution is -2.24. The van der Waals surface area contributed by atoms with Crippen molar-refractivity contribution in [2.24, 2.45) is 0 Å². The van der Waals surface area contributed by atoms with E-state index in [4.69, 9.17) is 4.74 Å². The molecule has 0 atom stereocenters. The van der Waals surface area contributed by atoms with Crippen molar-refractivity contribution >= 4 is 17.3 Å². The molecule has 1 amide bonds. The number of para-hydroxylation sites is 1. The van der Waals surface area contributed by atoms with Crippen LogP contribution in [0.1, 0.15) is 20.3 Å². The minimum Gasteiger partial charge on any atom is -0.484 e. The third kappa shape index (κ3) is 4.94. The number of rotatable bonds is 7. The van der Waals surface area contributed by atoms with Crippen LogP contribution in [0, 0.1) is 10.1 Å². The molecule has 0 spiro atoms. The van der Waals surface area contributed by atoms with E-state index in [1.165, 1.54) is 4.90 Å². The van der Waals surface area contributed by atoms with Gasteiger partial charge in [0.2, 0.25) is 5.91 Å². The highest BCUT2D eigenvalue weighted by Crippen LogP contribution is 2.35. The summed E-state index contributed by atoms with van der Waals surface area (Å²) in [6, 6.07) is 4.85. The zero-order valence-electron chi connectivity index (χ0n) is 12.8. The molecule has 116 valence electrons. The van der Waals surface area contributed by atoms with Crippen molar-refractivity contribution in [2.75, 3.05) is 26.0 Å². The van der Waals surface area contributed by atoms with Crippen LogP contribution in [0.2, 0.25) is 0 Å². The average molecular weight is 295 g/mol.